The Kier molecular flexibility index (Phi) is 3.09. The summed E-state index contributed by atoms with van der Waals surface area (Å²) in [5, 5.41) is 8.63. The molecule has 1 rings (SSSR count). The molecule has 3 unspecified atom stereocenters. The Morgan fingerprint density at radius 3 is 2.58 bits per heavy atom. The Labute approximate surface area is 73.9 Å². The highest BCUT2D eigenvalue weighted by atomic mass is 16.5. The number of rotatable bonds is 5. The number of nitrogens with two attached hydrogens (primary N) is 1. The Balaban J connectivity index is 2.39. The van der Waals surface area contributed by atoms with Gasteiger partial charge in [0.2, 0.25) is 0 Å². The minimum Gasteiger partial charge on any atom is -0.394 e. The molecule has 1 aliphatic rings. The van der Waals surface area contributed by atoms with E-state index in [1.807, 2.05) is 6.92 Å². The highest BCUT2D eigenvalue weighted by molar-refractivity contribution is 4.98. The number of ether oxygens (including phenoxy) is 1. The average molecular weight is 173 g/mol. The molecule has 3 atom stereocenters. The van der Waals surface area contributed by atoms with Crippen LogP contribution in [-0.2, 0) is 4.74 Å². The first kappa shape index (κ1) is 9.96. The summed E-state index contributed by atoms with van der Waals surface area (Å²) in [7, 11) is 0. The summed E-state index contributed by atoms with van der Waals surface area (Å²) < 4.78 is 5.55. The highest BCUT2D eigenvalue weighted by Gasteiger charge is 2.47. The summed E-state index contributed by atoms with van der Waals surface area (Å²) in [4.78, 5) is 0. The molecule has 0 aliphatic heterocycles. The van der Waals surface area contributed by atoms with E-state index in [-0.39, 0.29) is 12.2 Å². The van der Waals surface area contributed by atoms with Gasteiger partial charge in [-0.1, -0.05) is 6.92 Å². The van der Waals surface area contributed by atoms with Crippen molar-refractivity contribution in [2.45, 2.75) is 25.9 Å². The van der Waals surface area contributed by atoms with E-state index in [9.17, 15) is 0 Å². The summed E-state index contributed by atoms with van der Waals surface area (Å²) in [5.41, 5.74) is 5.44. The number of aliphatic hydroxyl groups is 1. The molecule has 0 aromatic rings. The van der Waals surface area contributed by atoms with Crippen molar-refractivity contribution >= 4 is 0 Å². The molecule has 0 aromatic heterocycles. The minimum atomic E-state index is -0.206. The van der Waals surface area contributed by atoms with Crippen LogP contribution in [0, 0.1) is 11.8 Å². The molecule has 72 valence electrons. The molecule has 3 nitrogen and oxygen atoms in total. The van der Waals surface area contributed by atoms with Crippen molar-refractivity contribution in [3.05, 3.63) is 0 Å². The van der Waals surface area contributed by atoms with Crippen LogP contribution in [-0.4, -0.2) is 30.5 Å². The van der Waals surface area contributed by atoms with Gasteiger partial charge in [0.15, 0.2) is 0 Å². The second-order valence-corrected chi connectivity index (χ2v) is 3.91. The van der Waals surface area contributed by atoms with Crippen LogP contribution in [0.1, 0.15) is 20.3 Å². The predicted octanol–water partition coefficient (Wildman–Crippen LogP) is 0.369. The number of aliphatic hydroxyl groups excluding tert-OH is 1. The van der Waals surface area contributed by atoms with E-state index >= 15 is 0 Å². The second-order valence-electron chi connectivity index (χ2n) is 3.91. The smallest absolute Gasteiger partial charge is 0.0807 e. The van der Waals surface area contributed by atoms with Gasteiger partial charge in [-0.25, -0.2) is 0 Å². The lowest BCUT2D eigenvalue weighted by molar-refractivity contribution is -0.0567. The van der Waals surface area contributed by atoms with Gasteiger partial charge in [0.1, 0.15) is 0 Å². The largest absolute Gasteiger partial charge is 0.394 e. The first-order chi connectivity index (χ1) is 5.64. The van der Waals surface area contributed by atoms with Gasteiger partial charge in [0.05, 0.1) is 18.8 Å². The fourth-order valence-electron chi connectivity index (χ4n) is 1.77. The Bertz CT molecular complexity index is 151. The van der Waals surface area contributed by atoms with E-state index in [2.05, 4.69) is 6.92 Å². The van der Waals surface area contributed by atoms with Gasteiger partial charge in [-0.3, -0.25) is 0 Å². The molecule has 0 saturated heterocycles. The van der Waals surface area contributed by atoms with Crippen molar-refractivity contribution < 1.29 is 9.84 Å². The summed E-state index contributed by atoms with van der Waals surface area (Å²) in [6, 6.07) is 0. The van der Waals surface area contributed by atoms with Gasteiger partial charge in [-0.05, 0) is 25.2 Å². The van der Waals surface area contributed by atoms with E-state index < -0.39 is 0 Å². The van der Waals surface area contributed by atoms with E-state index in [1.54, 1.807) is 0 Å². The molecular weight excluding hydrogens is 154 g/mol. The zero-order chi connectivity index (χ0) is 9.19. The number of hydrogen-bond acceptors (Lipinski definition) is 3. The summed E-state index contributed by atoms with van der Waals surface area (Å²) in [6.07, 6.45) is 1.21. The minimum absolute atomic E-state index is 0.0801. The second kappa shape index (κ2) is 3.73. The molecule has 12 heavy (non-hydrogen) atoms. The molecular formula is C9H19NO2. The Morgan fingerprint density at radius 1 is 1.67 bits per heavy atom. The monoisotopic (exact) mass is 173 g/mol. The summed E-state index contributed by atoms with van der Waals surface area (Å²) >= 11 is 0. The maximum absolute atomic E-state index is 8.63. The third-order valence-corrected chi connectivity index (χ3v) is 2.82. The Hall–Kier alpha value is -0.120. The van der Waals surface area contributed by atoms with Crippen molar-refractivity contribution in [1.82, 2.24) is 0 Å². The van der Waals surface area contributed by atoms with Crippen LogP contribution in [0.3, 0.4) is 0 Å². The SMILES string of the molecule is CC1CC1C(C)(CN)OCCO. The predicted molar refractivity (Wildman–Crippen MR) is 47.8 cm³/mol. The molecule has 0 amide bonds. The lowest BCUT2D eigenvalue weighted by Crippen LogP contribution is -2.41. The van der Waals surface area contributed by atoms with Gasteiger partial charge in [-0.15, -0.1) is 0 Å². The molecule has 0 aromatic carbocycles. The van der Waals surface area contributed by atoms with Gasteiger partial charge >= 0.3 is 0 Å². The van der Waals surface area contributed by atoms with E-state index in [0.29, 0.717) is 19.1 Å². The van der Waals surface area contributed by atoms with Crippen molar-refractivity contribution in [1.29, 1.82) is 0 Å². The van der Waals surface area contributed by atoms with Crippen molar-refractivity contribution in [2.24, 2.45) is 17.6 Å². The van der Waals surface area contributed by atoms with Gasteiger partial charge in [-0.2, -0.15) is 0 Å². The summed E-state index contributed by atoms with van der Waals surface area (Å²) in [5.74, 6) is 1.33. The quantitative estimate of drug-likeness (QED) is 0.631. The maximum Gasteiger partial charge on any atom is 0.0807 e. The molecule has 0 bridgehead atoms. The van der Waals surface area contributed by atoms with E-state index in [0.717, 1.165) is 5.92 Å². The van der Waals surface area contributed by atoms with Crippen LogP contribution in [0.5, 0.6) is 0 Å². The Morgan fingerprint density at radius 2 is 2.25 bits per heavy atom. The fraction of sp³-hybridized carbons (Fsp3) is 1.00. The first-order valence-corrected chi connectivity index (χ1v) is 4.59. The van der Waals surface area contributed by atoms with Crippen LogP contribution in [0.25, 0.3) is 0 Å². The van der Waals surface area contributed by atoms with E-state index in [1.165, 1.54) is 6.42 Å². The zero-order valence-electron chi connectivity index (χ0n) is 7.92. The van der Waals surface area contributed by atoms with Crippen LogP contribution in [0.2, 0.25) is 0 Å². The maximum atomic E-state index is 8.63. The van der Waals surface area contributed by atoms with Crippen molar-refractivity contribution in [2.75, 3.05) is 19.8 Å². The normalized spacial score (nSPS) is 33.0. The van der Waals surface area contributed by atoms with Crippen molar-refractivity contribution in [3.63, 3.8) is 0 Å². The van der Waals surface area contributed by atoms with Gasteiger partial charge in [0.25, 0.3) is 0 Å². The van der Waals surface area contributed by atoms with Crippen LogP contribution < -0.4 is 5.73 Å². The van der Waals surface area contributed by atoms with Crippen LogP contribution in [0.4, 0.5) is 0 Å². The first-order valence-electron chi connectivity index (χ1n) is 4.59. The number of hydrogen-bond donors (Lipinski definition) is 2. The van der Waals surface area contributed by atoms with E-state index in [4.69, 9.17) is 15.6 Å². The molecule has 1 fully saturated rings. The third-order valence-electron chi connectivity index (χ3n) is 2.82. The molecule has 0 radical (unpaired) electrons. The average Bonchev–Trinajstić information content (AvgIpc) is 2.79. The molecule has 1 aliphatic carbocycles. The molecule has 3 N–H and O–H groups in total. The van der Waals surface area contributed by atoms with Crippen LogP contribution >= 0.6 is 0 Å². The highest BCUT2D eigenvalue weighted by Crippen LogP contribution is 2.47. The fourth-order valence-corrected chi connectivity index (χ4v) is 1.77. The lowest BCUT2D eigenvalue weighted by atomic mass is 9.99. The molecule has 0 heterocycles. The molecule has 3 heteroatoms. The lowest BCUT2D eigenvalue weighted by Gasteiger charge is -2.28. The third kappa shape index (κ3) is 1.97. The van der Waals surface area contributed by atoms with Gasteiger partial charge < -0.3 is 15.6 Å². The summed E-state index contributed by atoms with van der Waals surface area (Å²) in [6.45, 7) is 5.27. The standard InChI is InChI=1S/C9H19NO2/c1-7-5-8(7)9(2,6-10)12-4-3-11/h7-8,11H,3-6,10H2,1-2H3. The zero-order valence-corrected chi connectivity index (χ0v) is 7.92. The topological polar surface area (TPSA) is 55.5 Å². The van der Waals surface area contributed by atoms with Gasteiger partial charge in [0, 0.05) is 6.54 Å². The molecule has 1 saturated carbocycles. The van der Waals surface area contributed by atoms with Crippen LogP contribution in [0.15, 0.2) is 0 Å². The molecule has 0 spiro atoms. The van der Waals surface area contributed by atoms with Crippen molar-refractivity contribution in [3.8, 4) is 0 Å².